The van der Waals surface area contributed by atoms with Crippen LogP contribution in [0.15, 0.2) is 18.2 Å². The number of aromatic nitrogens is 2. The van der Waals surface area contributed by atoms with Crippen molar-refractivity contribution in [3.8, 4) is 0 Å². The molecule has 0 amide bonds. The summed E-state index contributed by atoms with van der Waals surface area (Å²) in [5.41, 5.74) is 2.25. The molecule has 0 saturated heterocycles. The molecule has 0 aliphatic rings. The number of ether oxygens (including phenoxy) is 1. The largest absolute Gasteiger partial charge is 0.380 e. The van der Waals surface area contributed by atoms with Crippen LogP contribution in [0.25, 0.3) is 11.0 Å². The first-order valence-corrected chi connectivity index (χ1v) is 8.02. The number of imidazole rings is 1. The number of fused-ring (bicyclic) bond motifs is 1. The van der Waals surface area contributed by atoms with Crippen molar-refractivity contribution in [1.82, 2.24) is 9.55 Å². The summed E-state index contributed by atoms with van der Waals surface area (Å²) in [5.74, 6) is 0.692. The van der Waals surface area contributed by atoms with E-state index in [1.807, 2.05) is 0 Å². The second kappa shape index (κ2) is 6.85. The highest BCUT2D eigenvalue weighted by Gasteiger charge is 2.04. The Kier molecular flexibility index (Phi) is 5.41. The molecule has 0 atom stereocenters. The van der Waals surface area contributed by atoms with Gasteiger partial charge in [-0.1, -0.05) is 13.8 Å². The quantitative estimate of drug-likeness (QED) is 0.451. The lowest BCUT2D eigenvalue weighted by Gasteiger charge is -2.07. The molecule has 0 bridgehead atoms. The van der Waals surface area contributed by atoms with E-state index < -0.39 is 0 Å². The summed E-state index contributed by atoms with van der Waals surface area (Å²) in [4.78, 5) is 3.24. The third kappa shape index (κ3) is 4.03. The first kappa shape index (κ1) is 15.0. The van der Waals surface area contributed by atoms with Gasteiger partial charge in [-0.25, -0.2) is 0 Å². The molecule has 0 fully saturated rings. The third-order valence-corrected chi connectivity index (χ3v) is 4.03. The van der Waals surface area contributed by atoms with Gasteiger partial charge in [0.15, 0.2) is 4.77 Å². The van der Waals surface area contributed by atoms with Gasteiger partial charge >= 0.3 is 0 Å². The van der Waals surface area contributed by atoms with Crippen LogP contribution in [0.4, 0.5) is 0 Å². The van der Waals surface area contributed by atoms with Gasteiger partial charge in [-0.3, -0.25) is 0 Å². The molecular weight excluding hydrogens is 371 g/mol. The molecule has 3 nitrogen and oxygen atoms in total. The Hall–Kier alpha value is -0.400. The minimum atomic E-state index is 0.692. The number of hydrogen-bond acceptors (Lipinski definition) is 2. The van der Waals surface area contributed by atoms with Crippen molar-refractivity contribution in [2.24, 2.45) is 5.92 Å². The summed E-state index contributed by atoms with van der Waals surface area (Å²) >= 11 is 7.67. The molecule has 1 aromatic carbocycles. The molecule has 104 valence electrons. The van der Waals surface area contributed by atoms with Gasteiger partial charge in [0.25, 0.3) is 0 Å². The first-order valence-electron chi connectivity index (χ1n) is 6.53. The molecule has 5 heteroatoms. The summed E-state index contributed by atoms with van der Waals surface area (Å²) < 4.78 is 9.75. The SMILES string of the molecule is CC(C)CCOCCn1c(=S)[nH]c2cc(I)ccc21. The molecule has 0 aliphatic carbocycles. The van der Waals surface area contributed by atoms with Gasteiger partial charge in [-0.2, -0.15) is 0 Å². The van der Waals surface area contributed by atoms with E-state index in [4.69, 9.17) is 17.0 Å². The van der Waals surface area contributed by atoms with Gasteiger partial charge in [0.2, 0.25) is 0 Å². The van der Waals surface area contributed by atoms with E-state index in [0.717, 1.165) is 35.4 Å². The molecule has 0 unspecified atom stereocenters. The number of benzene rings is 1. The Morgan fingerprint density at radius 2 is 2.16 bits per heavy atom. The van der Waals surface area contributed by atoms with E-state index in [9.17, 15) is 0 Å². The summed E-state index contributed by atoms with van der Waals surface area (Å²) in [6.45, 7) is 6.75. The van der Waals surface area contributed by atoms with Crippen LogP contribution in [0.3, 0.4) is 0 Å². The number of nitrogens with one attached hydrogen (secondary N) is 1. The second-order valence-corrected chi connectivity index (χ2v) is 6.67. The molecule has 2 aromatic rings. The lowest BCUT2D eigenvalue weighted by molar-refractivity contribution is 0.116. The minimum absolute atomic E-state index is 0.692. The van der Waals surface area contributed by atoms with Gasteiger partial charge in [-0.15, -0.1) is 0 Å². The number of halogens is 1. The maximum atomic E-state index is 5.66. The van der Waals surface area contributed by atoms with Crippen LogP contribution in [0.1, 0.15) is 20.3 Å². The highest BCUT2D eigenvalue weighted by molar-refractivity contribution is 14.1. The van der Waals surface area contributed by atoms with Crippen molar-refractivity contribution in [3.05, 3.63) is 26.5 Å². The van der Waals surface area contributed by atoms with Crippen molar-refractivity contribution in [1.29, 1.82) is 0 Å². The third-order valence-electron chi connectivity index (χ3n) is 3.03. The fraction of sp³-hybridized carbons (Fsp3) is 0.500. The summed E-state index contributed by atoms with van der Waals surface area (Å²) in [5, 5.41) is 0. The maximum Gasteiger partial charge on any atom is 0.178 e. The van der Waals surface area contributed by atoms with Crippen molar-refractivity contribution < 1.29 is 4.74 Å². The van der Waals surface area contributed by atoms with Crippen LogP contribution in [0.5, 0.6) is 0 Å². The second-order valence-electron chi connectivity index (χ2n) is 5.04. The number of H-pyrrole nitrogens is 1. The highest BCUT2D eigenvalue weighted by Crippen LogP contribution is 2.17. The Labute approximate surface area is 132 Å². The molecule has 0 radical (unpaired) electrons. The summed E-state index contributed by atoms with van der Waals surface area (Å²) in [6.07, 6.45) is 1.11. The van der Waals surface area contributed by atoms with Gasteiger partial charge in [0, 0.05) is 16.7 Å². The van der Waals surface area contributed by atoms with Crippen LogP contribution in [-0.2, 0) is 11.3 Å². The Balaban J connectivity index is 2.00. The maximum absolute atomic E-state index is 5.66. The molecular formula is C14H19IN2OS. The molecule has 0 saturated carbocycles. The van der Waals surface area contributed by atoms with Crippen LogP contribution in [-0.4, -0.2) is 22.8 Å². The average molecular weight is 390 g/mol. The zero-order chi connectivity index (χ0) is 13.8. The van der Waals surface area contributed by atoms with E-state index in [1.54, 1.807) is 0 Å². The predicted molar refractivity (Wildman–Crippen MR) is 90.1 cm³/mol. The van der Waals surface area contributed by atoms with Crippen molar-refractivity contribution >= 4 is 45.8 Å². The van der Waals surface area contributed by atoms with E-state index in [2.05, 4.69) is 64.2 Å². The van der Waals surface area contributed by atoms with E-state index in [0.29, 0.717) is 12.5 Å². The smallest absolute Gasteiger partial charge is 0.178 e. The van der Waals surface area contributed by atoms with Crippen molar-refractivity contribution in [2.45, 2.75) is 26.8 Å². The van der Waals surface area contributed by atoms with Crippen LogP contribution < -0.4 is 0 Å². The monoisotopic (exact) mass is 390 g/mol. The van der Waals surface area contributed by atoms with Gasteiger partial charge in [-0.05, 0) is 65.3 Å². The number of hydrogen-bond donors (Lipinski definition) is 1. The summed E-state index contributed by atoms with van der Waals surface area (Å²) in [7, 11) is 0. The van der Waals surface area contributed by atoms with Crippen molar-refractivity contribution in [2.75, 3.05) is 13.2 Å². The number of aromatic amines is 1. The lowest BCUT2D eigenvalue weighted by Crippen LogP contribution is -2.08. The van der Waals surface area contributed by atoms with Crippen LogP contribution >= 0.6 is 34.8 Å². The van der Waals surface area contributed by atoms with Gasteiger partial charge in [0.1, 0.15) is 0 Å². The molecule has 2 rings (SSSR count). The average Bonchev–Trinajstić information content (AvgIpc) is 2.64. The number of nitrogens with zero attached hydrogens (tertiary/aromatic N) is 1. The fourth-order valence-corrected chi connectivity index (χ4v) is 2.73. The molecule has 1 aromatic heterocycles. The fourth-order valence-electron chi connectivity index (χ4n) is 1.93. The molecule has 0 spiro atoms. The Bertz CT molecular complexity index is 603. The minimum Gasteiger partial charge on any atom is -0.380 e. The molecule has 19 heavy (non-hydrogen) atoms. The molecule has 1 heterocycles. The Morgan fingerprint density at radius 3 is 2.89 bits per heavy atom. The van der Waals surface area contributed by atoms with Crippen molar-refractivity contribution in [3.63, 3.8) is 0 Å². The highest BCUT2D eigenvalue weighted by atomic mass is 127. The lowest BCUT2D eigenvalue weighted by atomic mass is 10.1. The van der Waals surface area contributed by atoms with E-state index in [-0.39, 0.29) is 0 Å². The molecule has 1 N–H and O–H groups in total. The zero-order valence-corrected chi connectivity index (χ0v) is 14.3. The Morgan fingerprint density at radius 1 is 1.37 bits per heavy atom. The van der Waals surface area contributed by atoms with E-state index >= 15 is 0 Å². The predicted octanol–water partition coefficient (Wildman–Crippen LogP) is 4.37. The summed E-state index contributed by atoms with van der Waals surface area (Å²) in [6, 6.07) is 6.32. The molecule has 0 aliphatic heterocycles. The number of rotatable bonds is 6. The zero-order valence-electron chi connectivity index (χ0n) is 11.3. The van der Waals surface area contributed by atoms with Gasteiger partial charge < -0.3 is 14.3 Å². The van der Waals surface area contributed by atoms with Gasteiger partial charge in [0.05, 0.1) is 17.6 Å². The first-order chi connectivity index (χ1) is 9.08. The van der Waals surface area contributed by atoms with Crippen LogP contribution in [0.2, 0.25) is 0 Å². The topological polar surface area (TPSA) is 29.9 Å². The standard InChI is InChI=1S/C14H19IN2OS/c1-10(2)5-7-18-8-6-17-13-4-3-11(15)9-12(13)16-14(17)19/h3-4,9-10H,5-8H2,1-2H3,(H,16,19). The normalized spacial score (nSPS) is 11.6. The van der Waals surface area contributed by atoms with Crippen LogP contribution in [0, 0.1) is 14.3 Å². The van der Waals surface area contributed by atoms with E-state index in [1.165, 1.54) is 3.57 Å².